The second-order valence-corrected chi connectivity index (χ2v) is 11.0. The molecule has 11 nitrogen and oxygen atoms in total. The fourth-order valence-corrected chi connectivity index (χ4v) is 6.07. The van der Waals surface area contributed by atoms with Gasteiger partial charge in [-0.25, -0.2) is 29.7 Å². The molecule has 0 radical (unpaired) electrons. The molecule has 0 atom stereocenters. The normalized spacial score (nSPS) is 14.7. The standard InChI is InChI=1S/C28H32N8O3S/c1-4-7-28(24(37)38)8-11-36(12-9-28)25-31-15-19(16-32-25)18-13-20(23-30-10-6-17(3)33-23)22-21(14-18)34-27(40-22)35-26(39)29-5-2/h6,10,13-16H,4-5,7-9,11-12H2,1-3H3,(H,37,38)(H2,29,34,35,39). The average Bonchev–Trinajstić information content (AvgIpc) is 3.35. The van der Waals surface area contributed by atoms with Crippen LogP contribution in [0.2, 0.25) is 0 Å². The molecule has 12 heteroatoms. The van der Waals surface area contributed by atoms with Gasteiger partial charge in [-0.2, -0.15) is 0 Å². The van der Waals surface area contributed by atoms with Crippen LogP contribution >= 0.6 is 11.3 Å². The molecule has 1 saturated heterocycles. The van der Waals surface area contributed by atoms with Crippen molar-refractivity contribution in [3.63, 3.8) is 0 Å². The zero-order chi connectivity index (χ0) is 28.3. The number of urea groups is 1. The van der Waals surface area contributed by atoms with E-state index in [0.29, 0.717) is 61.3 Å². The zero-order valence-electron chi connectivity index (χ0n) is 22.8. The van der Waals surface area contributed by atoms with Crippen molar-refractivity contribution in [2.45, 2.75) is 46.5 Å². The minimum atomic E-state index is -0.708. The highest BCUT2D eigenvalue weighted by Gasteiger charge is 2.41. The third kappa shape index (κ3) is 5.57. The minimum absolute atomic E-state index is 0.313. The Kier molecular flexibility index (Phi) is 7.88. The number of carbonyl (C=O) groups excluding carboxylic acids is 1. The molecule has 2 amide bonds. The van der Waals surface area contributed by atoms with Crippen LogP contribution in [0.4, 0.5) is 15.9 Å². The highest BCUT2D eigenvalue weighted by molar-refractivity contribution is 7.22. The largest absolute Gasteiger partial charge is 0.481 e. The first-order chi connectivity index (χ1) is 19.3. The number of aryl methyl sites for hydroxylation is 1. The van der Waals surface area contributed by atoms with E-state index in [0.717, 1.165) is 33.5 Å². The predicted octanol–water partition coefficient (Wildman–Crippen LogP) is 5.13. The molecule has 0 bridgehead atoms. The fraction of sp³-hybridized carbons (Fsp3) is 0.393. The van der Waals surface area contributed by atoms with Gasteiger partial charge < -0.3 is 15.3 Å². The monoisotopic (exact) mass is 560 g/mol. The Morgan fingerprint density at radius 3 is 2.48 bits per heavy atom. The van der Waals surface area contributed by atoms with Gasteiger partial charge in [0.15, 0.2) is 11.0 Å². The summed E-state index contributed by atoms with van der Waals surface area (Å²) < 4.78 is 0.862. The first-order valence-electron chi connectivity index (χ1n) is 13.4. The molecule has 3 N–H and O–H groups in total. The van der Waals surface area contributed by atoms with Crippen LogP contribution in [0, 0.1) is 12.3 Å². The number of nitrogens with zero attached hydrogens (tertiary/aromatic N) is 6. The number of thiazole rings is 1. The number of benzene rings is 1. The first-order valence-corrected chi connectivity index (χ1v) is 14.2. The number of rotatable bonds is 8. The quantitative estimate of drug-likeness (QED) is 0.267. The molecule has 3 aromatic heterocycles. The van der Waals surface area contributed by atoms with Crippen LogP contribution in [0.3, 0.4) is 0 Å². The van der Waals surface area contributed by atoms with Gasteiger partial charge in [0.25, 0.3) is 0 Å². The Balaban J connectivity index is 1.45. The summed E-state index contributed by atoms with van der Waals surface area (Å²) in [5.74, 6) is 0.449. The van der Waals surface area contributed by atoms with Gasteiger partial charge in [-0.05, 0) is 56.9 Å². The SMILES string of the molecule is CCCC1(C(=O)O)CCN(c2ncc(-c3cc(-c4nccc(C)n4)c4sc(NC(=O)NCC)nc4c3)cn2)CC1. The third-order valence-corrected chi connectivity index (χ3v) is 8.26. The van der Waals surface area contributed by atoms with Crippen LogP contribution < -0.4 is 15.5 Å². The van der Waals surface area contributed by atoms with E-state index in [9.17, 15) is 14.7 Å². The fourth-order valence-electron chi connectivity index (χ4n) is 5.12. The lowest BCUT2D eigenvalue weighted by atomic mass is 9.75. The number of amides is 2. The van der Waals surface area contributed by atoms with Gasteiger partial charge in [0.1, 0.15) is 0 Å². The van der Waals surface area contributed by atoms with Crippen LogP contribution in [0.5, 0.6) is 0 Å². The van der Waals surface area contributed by atoms with Gasteiger partial charge in [0.2, 0.25) is 5.95 Å². The van der Waals surface area contributed by atoms with Gasteiger partial charge in [-0.1, -0.05) is 24.7 Å². The van der Waals surface area contributed by atoms with E-state index in [-0.39, 0.29) is 6.03 Å². The molecule has 4 heterocycles. The van der Waals surface area contributed by atoms with Gasteiger partial charge in [-0.15, -0.1) is 0 Å². The molecule has 1 aromatic carbocycles. The molecule has 5 rings (SSSR count). The van der Waals surface area contributed by atoms with Crippen LogP contribution in [0.1, 0.15) is 45.2 Å². The van der Waals surface area contributed by atoms with E-state index < -0.39 is 11.4 Å². The third-order valence-electron chi connectivity index (χ3n) is 7.24. The van der Waals surface area contributed by atoms with E-state index in [1.807, 2.05) is 39.0 Å². The maximum absolute atomic E-state index is 12.1. The molecule has 0 aliphatic carbocycles. The molecule has 40 heavy (non-hydrogen) atoms. The molecular formula is C28H32N8O3S. The molecule has 0 saturated carbocycles. The molecular weight excluding hydrogens is 528 g/mol. The number of carboxylic acids is 1. The maximum Gasteiger partial charge on any atom is 0.321 e. The number of carboxylic acid groups (broad SMARTS) is 1. The van der Waals surface area contributed by atoms with E-state index in [1.165, 1.54) is 11.3 Å². The highest BCUT2D eigenvalue weighted by atomic mass is 32.1. The van der Waals surface area contributed by atoms with Crippen molar-refractivity contribution in [1.29, 1.82) is 0 Å². The molecule has 0 spiro atoms. The summed E-state index contributed by atoms with van der Waals surface area (Å²) in [4.78, 5) is 49.2. The van der Waals surface area contributed by atoms with Crippen molar-refractivity contribution in [3.8, 4) is 22.5 Å². The minimum Gasteiger partial charge on any atom is -0.481 e. The van der Waals surface area contributed by atoms with E-state index in [4.69, 9.17) is 0 Å². The Bertz CT molecular complexity index is 1530. The first kappa shape index (κ1) is 27.4. The number of nitrogens with one attached hydrogen (secondary N) is 2. The predicted molar refractivity (Wildman–Crippen MR) is 156 cm³/mol. The maximum atomic E-state index is 12.1. The van der Waals surface area contributed by atoms with Gasteiger partial charge in [0.05, 0.1) is 15.6 Å². The van der Waals surface area contributed by atoms with Crippen molar-refractivity contribution in [3.05, 3.63) is 42.5 Å². The summed E-state index contributed by atoms with van der Waals surface area (Å²) in [5.41, 5.74) is 3.34. The topological polar surface area (TPSA) is 146 Å². The van der Waals surface area contributed by atoms with Crippen molar-refractivity contribution in [2.75, 3.05) is 29.9 Å². The van der Waals surface area contributed by atoms with Crippen molar-refractivity contribution < 1.29 is 14.7 Å². The summed E-state index contributed by atoms with van der Waals surface area (Å²) in [6.07, 6.45) is 7.96. The summed E-state index contributed by atoms with van der Waals surface area (Å²) in [6.45, 7) is 7.51. The number of carbonyl (C=O) groups is 2. The van der Waals surface area contributed by atoms with Crippen LogP contribution in [0.15, 0.2) is 36.8 Å². The smallest absolute Gasteiger partial charge is 0.321 e. The van der Waals surface area contributed by atoms with Crippen molar-refractivity contribution in [1.82, 2.24) is 30.2 Å². The number of piperidine rings is 1. The number of fused-ring (bicyclic) bond motifs is 1. The van der Waals surface area contributed by atoms with Crippen molar-refractivity contribution in [2.24, 2.45) is 5.41 Å². The number of hydrogen-bond donors (Lipinski definition) is 3. The molecule has 4 aromatic rings. The van der Waals surface area contributed by atoms with E-state index >= 15 is 0 Å². The highest BCUT2D eigenvalue weighted by Crippen LogP contribution is 2.39. The lowest BCUT2D eigenvalue weighted by Gasteiger charge is -2.38. The number of aromatic nitrogens is 5. The number of hydrogen-bond acceptors (Lipinski definition) is 9. The molecule has 1 aliphatic heterocycles. The lowest BCUT2D eigenvalue weighted by molar-refractivity contribution is -0.150. The molecule has 208 valence electrons. The van der Waals surface area contributed by atoms with Gasteiger partial charge >= 0.3 is 12.0 Å². The number of aliphatic carboxylic acids is 1. The van der Waals surface area contributed by atoms with Gasteiger partial charge in [-0.3, -0.25) is 10.1 Å². The lowest BCUT2D eigenvalue weighted by Crippen LogP contribution is -2.45. The van der Waals surface area contributed by atoms with E-state index in [2.05, 4.69) is 40.5 Å². The van der Waals surface area contributed by atoms with Crippen LogP contribution in [0.25, 0.3) is 32.7 Å². The molecule has 1 fully saturated rings. The zero-order valence-corrected chi connectivity index (χ0v) is 23.6. The van der Waals surface area contributed by atoms with Crippen LogP contribution in [-0.4, -0.2) is 61.7 Å². The summed E-state index contributed by atoms with van der Waals surface area (Å²) in [6, 6.07) is 5.47. The molecule has 1 aliphatic rings. The molecule has 0 unspecified atom stereocenters. The second kappa shape index (κ2) is 11.5. The average molecular weight is 561 g/mol. The van der Waals surface area contributed by atoms with Crippen molar-refractivity contribution >= 4 is 44.6 Å². The summed E-state index contributed by atoms with van der Waals surface area (Å²) in [7, 11) is 0. The van der Waals surface area contributed by atoms with E-state index in [1.54, 1.807) is 18.6 Å². The summed E-state index contributed by atoms with van der Waals surface area (Å²) in [5, 5.41) is 15.8. The Hall–Kier alpha value is -4.19. The number of anilines is 2. The Morgan fingerprint density at radius 2 is 1.82 bits per heavy atom. The van der Waals surface area contributed by atoms with Gasteiger partial charge in [0, 0.05) is 55.0 Å². The van der Waals surface area contributed by atoms with Crippen LogP contribution in [-0.2, 0) is 4.79 Å². The Labute approximate surface area is 236 Å². The second-order valence-electron chi connectivity index (χ2n) is 9.99. The Morgan fingerprint density at radius 1 is 1.07 bits per heavy atom. The summed E-state index contributed by atoms with van der Waals surface area (Å²) >= 11 is 1.37.